The summed E-state index contributed by atoms with van der Waals surface area (Å²) in [6, 6.07) is 85.9. The van der Waals surface area contributed by atoms with E-state index in [2.05, 4.69) is 224 Å². The Kier molecular flexibility index (Phi) is 8.98. The minimum atomic E-state index is 0.000148. The molecular weight excluding hydrogens is 725 g/mol. The van der Waals surface area contributed by atoms with Gasteiger partial charge in [-0.15, -0.1) is 0 Å². The van der Waals surface area contributed by atoms with Crippen molar-refractivity contribution in [3.8, 4) is 55.6 Å². The summed E-state index contributed by atoms with van der Waals surface area (Å²) in [7, 11) is 0. The third-order valence-corrected chi connectivity index (χ3v) is 12.0. The number of fused-ring (bicyclic) bond motifs is 4. The van der Waals surface area contributed by atoms with Crippen LogP contribution in [0.1, 0.15) is 22.6 Å². The smallest absolute Gasteiger partial charge is 0.135 e. The maximum atomic E-state index is 6.11. The monoisotopic (exact) mass is 764 g/mol. The van der Waals surface area contributed by atoms with Crippen LogP contribution < -0.4 is 0 Å². The molecule has 60 heavy (non-hydrogen) atoms. The van der Waals surface area contributed by atoms with Crippen molar-refractivity contribution in [2.75, 3.05) is 0 Å². The summed E-state index contributed by atoms with van der Waals surface area (Å²) in [5.74, 6) is 0.000148. The fraction of sp³-hybridized carbons (Fsp3) is 0.0169. The Morgan fingerprint density at radius 3 is 1.43 bits per heavy atom. The van der Waals surface area contributed by atoms with Crippen LogP contribution in [-0.4, -0.2) is 0 Å². The van der Waals surface area contributed by atoms with Gasteiger partial charge in [0.2, 0.25) is 0 Å². The average molecular weight is 765 g/mol. The fourth-order valence-corrected chi connectivity index (χ4v) is 9.03. The molecule has 1 atom stereocenters. The highest BCUT2D eigenvalue weighted by molar-refractivity contribution is 6.06. The van der Waals surface area contributed by atoms with Gasteiger partial charge in [-0.2, -0.15) is 0 Å². The van der Waals surface area contributed by atoms with Crippen molar-refractivity contribution in [1.29, 1.82) is 0 Å². The molecule has 0 aliphatic rings. The van der Waals surface area contributed by atoms with Crippen LogP contribution in [0, 0.1) is 0 Å². The van der Waals surface area contributed by atoms with Crippen molar-refractivity contribution in [2.45, 2.75) is 5.92 Å². The molecule has 0 saturated heterocycles. The molecule has 11 rings (SSSR count). The number of furan rings is 1. The summed E-state index contributed by atoms with van der Waals surface area (Å²) in [6.07, 6.45) is 0. The van der Waals surface area contributed by atoms with Crippen LogP contribution in [0.3, 0.4) is 0 Å². The van der Waals surface area contributed by atoms with E-state index in [4.69, 9.17) is 4.42 Å². The zero-order chi connectivity index (χ0) is 39.8. The van der Waals surface area contributed by atoms with Gasteiger partial charge >= 0.3 is 0 Å². The first-order chi connectivity index (χ1) is 29.7. The zero-order valence-electron chi connectivity index (χ0n) is 33.0. The fourth-order valence-electron chi connectivity index (χ4n) is 9.03. The van der Waals surface area contributed by atoms with Crippen molar-refractivity contribution in [2.24, 2.45) is 0 Å². The van der Waals surface area contributed by atoms with Gasteiger partial charge in [0, 0.05) is 16.7 Å². The van der Waals surface area contributed by atoms with Gasteiger partial charge in [-0.05, 0) is 107 Å². The number of rotatable bonds is 8. The minimum absolute atomic E-state index is 0.000148. The Hall–Kier alpha value is -7.74. The molecule has 0 amide bonds. The van der Waals surface area contributed by atoms with Crippen molar-refractivity contribution in [3.05, 3.63) is 253 Å². The molecular formula is C59H40O. The first-order valence-electron chi connectivity index (χ1n) is 20.7. The quantitative estimate of drug-likeness (QED) is 0.140. The van der Waals surface area contributed by atoms with E-state index in [1.165, 1.54) is 83.1 Å². The standard InChI is InChI=1S/C59H40O/c1-3-13-40(14-4-1)46-17-11-18-47(37-46)42-29-31-45(32-30-42)59(55-35-34-51(44-15-5-2-6-16-44)52-21-7-8-22-53(52)55)50-20-12-19-48(38-50)41-25-27-43(28-26-41)49-33-36-58-56(39-49)54-23-9-10-24-57(54)60-58/h1-39,59H. The van der Waals surface area contributed by atoms with E-state index in [9.17, 15) is 0 Å². The second-order valence-electron chi connectivity index (χ2n) is 15.6. The lowest BCUT2D eigenvalue weighted by Gasteiger charge is -2.23. The minimum Gasteiger partial charge on any atom is -0.456 e. The van der Waals surface area contributed by atoms with Gasteiger partial charge in [0.15, 0.2) is 0 Å². The SMILES string of the molecule is c1ccc(-c2cccc(-c3ccc(C(c4cccc(-c5ccc(-c6ccc7oc8ccccc8c7c6)cc5)c4)c4ccc(-c5ccccc5)c5ccccc45)cc3)c2)cc1. The second-order valence-corrected chi connectivity index (χ2v) is 15.6. The summed E-state index contributed by atoms with van der Waals surface area (Å²) in [5, 5.41) is 4.81. The van der Waals surface area contributed by atoms with Crippen LogP contribution in [0.5, 0.6) is 0 Å². The van der Waals surface area contributed by atoms with E-state index < -0.39 is 0 Å². The van der Waals surface area contributed by atoms with Crippen molar-refractivity contribution in [3.63, 3.8) is 0 Å². The van der Waals surface area contributed by atoms with Crippen LogP contribution in [-0.2, 0) is 0 Å². The molecule has 0 fully saturated rings. The van der Waals surface area contributed by atoms with Crippen molar-refractivity contribution >= 4 is 32.7 Å². The van der Waals surface area contributed by atoms with Gasteiger partial charge in [0.1, 0.15) is 11.2 Å². The molecule has 1 nitrogen and oxygen atoms in total. The summed E-state index contributed by atoms with van der Waals surface area (Å²) in [4.78, 5) is 0. The number of hydrogen-bond acceptors (Lipinski definition) is 1. The van der Waals surface area contributed by atoms with E-state index in [0.717, 1.165) is 21.9 Å². The molecule has 0 saturated carbocycles. The van der Waals surface area contributed by atoms with Crippen molar-refractivity contribution < 1.29 is 4.42 Å². The Morgan fingerprint density at radius 2 is 0.733 bits per heavy atom. The highest BCUT2D eigenvalue weighted by Crippen LogP contribution is 2.42. The van der Waals surface area contributed by atoms with E-state index >= 15 is 0 Å². The molecule has 0 aliphatic heterocycles. The molecule has 0 spiro atoms. The van der Waals surface area contributed by atoms with Gasteiger partial charge in [0.25, 0.3) is 0 Å². The predicted molar refractivity (Wildman–Crippen MR) is 252 cm³/mol. The Balaban J connectivity index is 0.992. The maximum Gasteiger partial charge on any atom is 0.135 e. The lowest BCUT2D eigenvalue weighted by Crippen LogP contribution is -2.05. The van der Waals surface area contributed by atoms with Gasteiger partial charge < -0.3 is 4.42 Å². The molecule has 1 heteroatoms. The topological polar surface area (TPSA) is 13.1 Å². The molecule has 282 valence electrons. The van der Waals surface area contributed by atoms with Crippen LogP contribution in [0.15, 0.2) is 241 Å². The molecule has 11 aromatic rings. The molecule has 1 heterocycles. The lowest BCUT2D eigenvalue weighted by molar-refractivity contribution is 0.669. The number of benzene rings is 10. The number of para-hydroxylation sites is 1. The van der Waals surface area contributed by atoms with E-state index in [0.29, 0.717) is 0 Å². The third kappa shape index (κ3) is 6.57. The van der Waals surface area contributed by atoms with E-state index in [1.807, 2.05) is 12.1 Å². The Morgan fingerprint density at radius 1 is 0.250 bits per heavy atom. The summed E-state index contributed by atoms with van der Waals surface area (Å²) in [6.45, 7) is 0. The van der Waals surface area contributed by atoms with Crippen LogP contribution >= 0.6 is 0 Å². The van der Waals surface area contributed by atoms with E-state index in [-0.39, 0.29) is 5.92 Å². The molecule has 10 aromatic carbocycles. The van der Waals surface area contributed by atoms with Crippen molar-refractivity contribution in [1.82, 2.24) is 0 Å². The molecule has 0 bridgehead atoms. The van der Waals surface area contributed by atoms with Gasteiger partial charge in [-0.25, -0.2) is 0 Å². The molecule has 0 radical (unpaired) electrons. The summed E-state index contributed by atoms with van der Waals surface area (Å²) >= 11 is 0. The van der Waals surface area contributed by atoms with Gasteiger partial charge in [-0.1, -0.05) is 212 Å². The number of hydrogen-bond donors (Lipinski definition) is 0. The molecule has 0 N–H and O–H groups in total. The van der Waals surface area contributed by atoms with Crippen LogP contribution in [0.4, 0.5) is 0 Å². The van der Waals surface area contributed by atoms with Gasteiger partial charge in [0.05, 0.1) is 0 Å². The highest BCUT2D eigenvalue weighted by Gasteiger charge is 2.22. The second kappa shape index (κ2) is 15.2. The largest absolute Gasteiger partial charge is 0.456 e. The maximum absolute atomic E-state index is 6.11. The Bertz CT molecular complexity index is 3280. The van der Waals surface area contributed by atoms with Gasteiger partial charge in [-0.3, -0.25) is 0 Å². The highest BCUT2D eigenvalue weighted by atomic mass is 16.3. The van der Waals surface area contributed by atoms with E-state index in [1.54, 1.807) is 0 Å². The third-order valence-electron chi connectivity index (χ3n) is 12.0. The first-order valence-corrected chi connectivity index (χ1v) is 20.7. The summed E-state index contributed by atoms with van der Waals surface area (Å²) in [5.41, 5.74) is 17.7. The average Bonchev–Trinajstić information content (AvgIpc) is 3.71. The van der Waals surface area contributed by atoms with Crippen LogP contribution in [0.25, 0.3) is 88.3 Å². The predicted octanol–water partition coefficient (Wildman–Crippen LogP) is 16.3. The Labute approximate surface area is 350 Å². The zero-order valence-corrected chi connectivity index (χ0v) is 33.0. The lowest BCUT2D eigenvalue weighted by atomic mass is 9.80. The molecule has 1 unspecified atom stereocenters. The molecule has 1 aromatic heterocycles. The first kappa shape index (κ1) is 35.4. The molecule has 0 aliphatic carbocycles. The van der Waals surface area contributed by atoms with Crippen LogP contribution in [0.2, 0.25) is 0 Å². The summed E-state index contributed by atoms with van der Waals surface area (Å²) < 4.78 is 6.11. The normalized spacial score (nSPS) is 11.9.